The molecule has 1 aromatic rings. The van der Waals surface area contributed by atoms with Gasteiger partial charge in [-0.15, -0.1) is 0 Å². The molecule has 4 nitrogen and oxygen atoms in total. The van der Waals surface area contributed by atoms with Crippen molar-refractivity contribution in [3.05, 3.63) is 35.9 Å². The van der Waals surface area contributed by atoms with Gasteiger partial charge in [-0.1, -0.05) is 30.3 Å². The van der Waals surface area contributed by atoms with E-state index in [2.05, 4.69) is 36.1 Å². The summed E-state index contributed by atoms with van der Waals surface area (Å²) in [5, 5.41) is 8.63. The van der Waals surface area contributed by atoms with Crippen LogP contribution in [0.4, 0.5) is 0 Å². The molecule has 1 atom stereocenters. The van der Waals surface area contributed by atoms with Crippen molar-refractivity contribution in [2.75, 3.05) is 19.7 Å². The number of hydrogen-bond donors (Lipinski definition) is 1. The molecular formula is C15H21NO3. The van der Waals surface area contributed by atoms with Gasteiger partial charge in [-0.25, -0.2) is 4.79 Å². The van der Waals surface area contributed by atoms with Crippen LogP contribution in [0.2, 0.25) is 0 Å². The van der Waals surface area contributed by atoms with Crippen LogP contribution >= 0.6 is 0 Å². The monoisotopic (exact) mass is 263 g/mol. The topological polar surface area (TPSA) is 49.8 Å². The van der Waals surface area contributed by atoms with Gasteiger partial charge in [0.15, 0.2) is 0 Å². The number of rotatable bonds is 6. The smallest absolute Gasteiger partial charge is 0.329 e. The predicted octanol–water partition coefficient (Wildman–Crippen LogP) is 1.79. The number of nitrogens with zero attached hydrogens (tertiary/aromatic N) is 1. The zero-order valence-electron chi connectivity index (χ0n) is 11.5. The van der Waals surface area contributed by atoms with E-state index < -0.39 is 5.97 Å². The molecule has 0 aliphatic carbocycles. The number of benzene rings is 1. The van der Waals surface area contributed by atoms with Crippen LogP contribution in [-0.4, -0.2) is 47.3 Å². The van der Waals surface area contributed by atoms with Gasteiger partial charge in [-0.05, 0) is 25.8 Å². The molecular weight excluding hydrogens is 242 g/mol. The quantitative estimate of drug-likeness (QED) is 0.850. The van der Waals surface area contributed by atoms with Crippen molar-refractivity contribution in [2.45, 2.75) is 31.9 Å². The number of carbonyl (C=O) groups is 1. The first kappa shape index (κ1) is 14.0. The summed E-state index contributed by atoms with van der Waals surface area (Å²) in [4.78, 5) is 12.8. The molecule has 1 N–H and O–H groups in total. The summed E-state index contributed by atoms with van der Waals surface area (Å²) in [5.74, 6) is -0.906. The predicted molar refractivity (Wildman–Crippen MR) is 73.2 cm³/mol. The minimum atomic E-state index is -0.906. The van der Waals surface area contributed by atoms with Crippen LogP contribution in [-0.2, 0) is 16.0 Å². The van der Waals surface area contributed by atoms with Crippen LogP contribution in [0.25, 0.3) is 0 Å². The second-order valence-electron chi connectivity index (χ2n) is 5.58. The Balaban J connectivity index is 1.78. The summed E-state index contributed by atoms with van der Waals surface area (Å²) in [6, 6.07) is 10.8. The minimum absolute atomic E-state index is 0.211. The van der Waals surface area contributed by atoms with Crippen molar-refractivity contribution in [3.8, 4) is 0 Å². The molecule has 0 spiro atoms. The Morgan fingerprint density at radius 2 is 2.05 bits per heavy atom. The van der Waals surface area contributed by atoms with Crippen molar-refractivity contribution in [1.82, 2.24) is 4.90 Å². The largest absolute Gasteiger partial charge is 0.480 e. The van der Waals surface area contributed by atoms with Crippen molar-refractivity contribution < 1.29 is 14.6 Å². The Morgan fingerprint density at radius 3 is 2.63 bits per heavy atom. The summed E-state index contributed by atoms with van der Waals surface area (Å²) in [6.45, 7) is 5.56. The standard InChI is InChI=1S/C15H21NO3/c1-12(8-13-6-4-3-5-7-13)16-10-15(2,11-16)19-9-14(17)18/h3-7,12H,8-11H2,1-2H3,(H,17,18). The number of hydrogen-bond acceptors (Lipinski definition) is 3. The third kappa shape index (κ3) is 3.78. The van der Waals surface area contributed by atoms with E-state index in [1.807, 2.05) is 13.0 Å². The van der Waals surface area contributed by atoms with E-state index in [1.165, 1.54) is 5.56 Å². The van der Waals surface area contributed by atoms with Crippen LogP contribution < -0.4 is 0 Å². The molecule has 19 heavy (non-hydrogen) atoms. The molecule has 0 aromatic heterocycles. The van der Waals surface area contributed by atoms with E-state index in [4.69, 9.17) is 9.84 Å². The first-order chi connectivity index (χ1) is 8.98. The second-order valence-corrected chi connectivity index (χ2v) is 5.58. The van der Waals surface area contributed by atoms with Crippen molar-refractivity contribution in [1.29, 1.82) is 0 Å². The van der Waals surface area contributed by atoms with E-state index in [-0.39, 0.29) is 12.2 Å². The Labute approximate surface area is 114 Å². The van der Waals surface area contributed by atoms with Crippen molar-refractivity contribution >= 4 is 5.97 Å². The molecule has 1 aliphatic rings. The van der Waals surface area contributed by atoms with Crippen molar-refractivity contribution in [2.24, 2.45) is 0 Å². The third-order valence-corrected chi connectivity index (χ3v) is 3.62. The summed E-state index contributed by atoms with van der Waals surface area (Å²) in [5.41, 5.74) is 1.03. The lowest BCUT2D eigenvalue weighted by molar-refractivity contribution is -0.168. The lowest BCUT2D eigenvalue weighted by Crippen LogP contribution is -2.64. The molecule has 0 saturated carbocycles. The van der Waals surface area contributed by atoms with E-state index in [9.17, 15) is 4.79 Å². The lowest BCUT2D eigenvalue weighted by atomic mass is 9.92. The lowest BCUT2D eigenvalue weighted by Gasteiger charge is -2.50. The highest BCUT2D eigenvalue weighted by atomic mass is 16.5. The summed E-state index contributed by atoms with van der Waals surface area (Å²) in [6.07, 6.45) is 1.01. The molecule has 2 rings (SSSR count). The van der Waals surface area contributed by atoms with Gasteiger partial charge < -0.3 is 9.84 Å². The maximum atomic E-state index is 10.5. The van der Waals surface area contributed by atoms with Crippen LogP contribution in [0.3, 0.4) is 0 Å². The van der Waals surface area contributed by atoms with Gasteiger partial charge in [-0.3, -0.25) is 4.90 Å². The van der Waals surface area contributed by atoms with Gasteiger partial charge in [0.25, 0.3) is 0 Å². The van der Waals surface area contributed by atoms with Gasteiger partial charge in [0, 0.05) is 19.1 Å². The van der Waals surface area contributed by atoms with Crippen LogP contribution in [0.15, 0.2) is 30.3 Å². The van der Waals surface area contributed by atoms with E-state index in [1.54, 1.807) is 0 Å². The Hall–Kier alpha value is -1.39. The highest BCUT2D eigenvalue weighted by molar-refractivity contribution is 5.68. The SMILES string of the molecule is CC(Cc1ccccc1)N1CC(C)(OCC(=O)O)C1. The van der Waals surface area contributed by atoms with Crippen LogP contribution in [0.1, 0.15) is 19.4 Å². The maximum absolute atomic E-state index is 10.5. The Bertz CT molecular complexity index is 426. The van der Waals surface area contributed by atoms with Gasteiger partial charge in [0.2, 0.25) is 0 Å². The molecule has 1 saturated heterocycles. The fraction of sp³-hybridized carbons (Fsp3) is 0.533. The Morgan fingerprint density at radius 1 is 1.42 bits per heavy atom. The maximum Gasteiger partial charge on any atom is 0.329 e. The molecule has 1 unspecified atom stereocenters. The number of carboxylic acids is 1. The average Bonchev–Trinajstić information content (AvgIpc) is 2.34. The minimum Gasteiger partial charge on any atom is -0.480 e. The van der Waals surface area contributed by atoms with Gasteiger partial charge >= 0.3 is 5.97 Å². The zero-order valence-corrected chi connectivity index (χ0v) is 11.5. The molecule has 1 aromatic carbocycles. The normalized spacial score (nSPS) is 19.7. The van der Waals surface area contributed by atoms with Crippen molar-refractivity contribution in [3.63, 3.8) is 0 Å². The average molecular weight is 263 g/mol. The highest BCUT2D eigenvalue weighted by Crippen LogP contribution is 2.27. The molecule has 0 bridgehead atoms. The van der Waals surface area contributed by atoms with Gasteiger partial charge in [0.05, 0.1) is 5.60 Å². The number of carboxylic acid groups (broad SMARTS) is 1. The summed E-state index contributed by atoms with van der Waals surface area (Å²) in [7, 11) is 0. The number of aliphatic carboxylic acids is 1. The van der Waals surface area contributed by atoms with Gasteiger partial charge in [-0.2, -0.15) is 0 Å². The van der Waals surface area contributed by atoms with Gasteiger partial charge in [0.1, 0.15) is 6.61 Å². The molecule has 4 heteroatoms. The molecule has 0 amide bonds. The summed E-state index contributed by atoms with van der Waals surface area (Å²) < 4.78 is 5.42. The Kier molecular flexibility index (Phi) is 4.22. The number of likely N-dealkylation sites (tertiary alicyclic amines) is 1. The number of ether oxygens (including phenoxy) is 1. The molecule has 1 aliphatic heterocycles. The van der Waals surface area contributed by atoms with E-state index in [0.29, 0.717) is 6.04 Å². The fourth-order valence-electron chi connectivity index (χ4n) is 2.54. The fourth-order valence-corrected chi connectivity index (χ4v) is 2.54. The van der Waals surface area contributed by atoms with Crippen LogP contribution in [0, 0.1) is 0 Å². The van der Waals surface area contributed by atoms with Crippen LogP contribution in [0.5, 0.6) is 0 Å². The molecule has 1 fully saturated rings. The first-order valence-corrected chi connectivity index (χ1v) is 6.62. The third-order valence-electron chi connectivity index (χ3n) is 3.62. The summed E-state index contributed by atoms with van der Waals surface area (Å²) >= 11 is 0. The molecule has 1 heterocycles. The molecule has 0 radical (unpaired) electrons. The second kappa shape index (κ2) is 5.72. The highest BCUT2D eigenvalue weighted by Gasteiger charge is 2.41. The first-order valence-electron chi connectivity index (χ1n) is 6.62. The van der Waals surface area contributed by atoms with E-state index >= 15 is 0 Å². The van der Waals surface area contributed by atoms with E-state index in [0.717, 1.165) is 19.5 Å². The zero-order chi connectivity index (χ0) is 13.9. The molecule has 104 valence electrons.